The van der Waals surface area contributed by atoms with Gasteiger partial charge in [-0.2, -0.15) is 0 Å². The minimum absolute atomic E-state index is 0.0153. The summed E-state index contributed by atoms with van der Waals surface area (Å²) in [6, 6.07) is -0.592. The molecule has 1 heterocycles. The van der Waals surface area contributed by atoms with Gasteiger partial charge in [0.2, 0.25) is 8.32 Å². The van der Waals surface area contributed by atoms with E-state index >= 15 is 0 Å². The van der Waals surface area contributed by atoms with Gasteiger partial charge in [-0.15, -0.1) is 0 Å². The normalized spacial score (nSPS) is 21.9. The molecular weight excluding hydrogens is 366 g/mol. The SMILES string of the molecule is CC(=O)OCC1CC(C(=O)O)N(CCO[Si](C(C)C)(C(C)C)C(C)(C)O)C1. The largest absolute Gasteiger partial charge is 0.480 e. The third-order valence-electron chi connectivity index (χ3n) is 5.69. The van der Waals surface area contributed by atoms with Gasteiger partial charge >= 0.3 is 11.9 Å². The number of likely N-dealkylation sites (tertiary alicyclic amines) is 1. The number of nitrogens with zero attached hydrogens (tertiary/aromatic N) is 1. The van der Waals surface area contributed by atoms with Gasteiger partial charge in [0, 0.05) is 32.5 Å². The van der Waals surface area contributed by atoms with Gasteiger partial charge in [0.05, 0.1) is 11.8 Å². The van der Waals surface area contributed by atoms with E-state index in [0.717, 1.165) is 0 Å². The zero-order chi connectivity index (χ0) is 21.0. The second-order valence-electron chi connectivity index (χ2n) is 8.76. The Bertz CT molecular complexity index is 509. The first-order chi connectivity index (χ1) is 12.3. The van der Waals surface area contributed by atoms with E-state index in [4.69, 9.17) is 9.16 Å². The van der Waals surface area contributed by atoms with Crippen molar-refractivity contribution in [3.63, 3.8) is 0 Å². The van der Waals surface area contributed by atoms with E-state index < -0.39 is 25.6 Å². The molecule has 0 aromatic rings. The Morgan fingerprint density at radius 3 is 2.19 bits per heavy atom. The van der Waals surface area contributed by atoms with E-state index in [9.17, 15) is 19.8 Å². The number of aliphatic hydroxyl groups is 1. The highest BCUT2D eigenvalue weighted by molar-refractivity contribution is 6.79. The van der Waals surface area contributed by atoms with Crippen molar-refractivity contribution in [2.24, 2.45) is 5.92 Å². The molecule has 0 spiro atoms. The minimum Gasteiger partial charge on any atom is -0.480 e. The van der Waals surface area contributed by atoms with E-state index in [-0.39, 0.29) is 29.6 Å². The molecule has 1 rings (SSSR count). The van der Waals surface area contributed by atoms with E-state index in [1.807, 2.05) is 18.7 Å². The van der Waals surface area contributed by atoms with Crippen LogP contribution in [-0.2, 0) is 18.8 Å². The Kier molecular flexibility index (Phi) is 8.46. The number of hydrogen-bond acceptors (Lipinski definition) is 6. The Balaban J connectivity index is 2.78. The lowest BCUT2D eigenvalue weighted by Gasteiger charge is -2.47. The minimum atomic E-state index is -2.51. The van der Waals surface area contributed by atoms with Crippen molar-refractivity contribution >= 4 is 20.3 Å². The standard InChI is InChI=1S/C19H37NO6Si/c1-13(2)27(14(3)4,19(6,7)24)26-9-8-20-11-16(12-25-15(5)21)10-17(20)18(22)23/h13-14,16-17,24H,8-12H2,1-7H3,(H,22,23). The van der Waals surface area contributed by atoms with Crippen LogP contribution in [-0.4, -0.2) is 72.9 Å². The zero-order valence-corrected chi connectivity index (χ0v) is 18.8. The van der Waals surface area contributed by atoms with Gasteiger partial charge in [-0.1, -0.05) is 27.7 Å². The summed E-state index contributed by atoms with van der Waals surface area (Å²) >= 11 is 0. The molecule has 0 bridgehead atoms. The molecule has 27 heavy (non-hydrogen) atoms. The summed E-state index contributed by atoms with van der Waals surface area (Å²) in [5.74, 6) is -1.20. The van der Waals surface area contributed by atoms with Crippen LogP contribution in [0.25, 0.3) is 0 Å². The fraction of sp³-hybridized carbons (Fsp3) is 0.895. The van der Waals surface area contributed by atoms with Crippen molar-refractivity contribution < 1.29 is 29.0 Å². The summed E-state index contributed by atoms with van der Waals surface area (Å²) in [5, 5.41) is 19.5. The van der Waals surface area contributed by atoms with E-state index in [1.54, 1.807) is 0 Å². The van der Waals surface area contributed by atoms with Crippen molar-refractivity contribution in [2.45, 2.75) is 77.2 Å². The lowest BCUT2D eigenvalue weighted by molar-refractivity contribution is -0.142. The van der Waals surface area contributed by atoms with Crippen molar-refractivity contribution in [1.29, 1.82) is 0 Å². The molecule has 1 saturated heterocycles. The van der Waals surface area contributed by atoms with Crippen molar-refractivity contribution in [3.05, 3.63) is 0 Å². The molecule has 0 aromatic heterocycles. The molecule has 8 heteroatoms. The zero-order valence-electron chi connectivity index (χ0n) is 17.8. The van der Waals surface area contributed by atoms with E-state index in [2.05, 4.69) is 27.7 Å². The third-order valence-corrected chi connectivity index (χ3v) is 11.7. The van der Waals surface area contributed by atoms with Crippen LogP contribution in [0.5, 0.6) is 0 Å². The van der Waals surface area contributed by atoms with Crippen LogP contribution in [0.3, 0.4) is 0 Å². The molecule has 7 nitrogen and oxygen atoms in total. The van der Waals surface area contributed by atoms with Gasteiger partial charge < -0.3 is 19.4 Å². The topological polar surface area (TPSA) is 96.3 Å². The molecule has 2 atom stereocenters. The summed E-state index contributed by atoms with van der Waals surface area (Å²) in [6.07, 6.45) is 0.463. The molecule has 0 radical (unpaired) electrons. The van der Waals surface area contributed by atoms with Crippen molar-refractivity contribution in [3.8, 4) is 0 Å². The predicted molar refractivity (Wildman–Crippen MR) is 106 cm³/mol. The molecule has 0 aliphatic carbocycles. The second-order valence-corrected chi connectivity index (χ2v) is 14.2. The quantitative estimate of drug-likeness (QED) is 0.427. The van der Waals surface area contributed by atoms with Crippen LogP contribution in [0.2, 0.25) is 11.1 Å². The van der Waals surface area contributed by atoms with Crippen molar-refractivity contribution in [2.75, 3.05) is 26.3 Å². The summed E-state index contributed by atoms with van der Waals surface area (Å²) in [5.41, 5.74) is 0.450. The Morgan fingerprint density at radius 2 is 1.78 bits per heavy atom. The highest BCUT2D eigenvalue weighted by Crippen LogP contribution is 2.41. The maximum Gasteiger partial charge on any atom is 0.320 e. The van der Waals surface area contributed by atoms with Gasteiger partial charge in [-0.25, -0.2) is 0 Å². The second kappa shape index (κ2) is 9.49. The molecule has 0 aromatic carbocycles. The first-order valence-electron chi connectivity index (χ1n) is 9.79. The monoisotopic (exact) mass is 403 g/mol. The maximum absolute atomic E-state index is 11.6. The molecule has 2 N–H and O–H groups in total. The number of carboxylic acids is 1. The smallest absolute Gasteiger partial charge is 0.320 e. The van der Waals surface area contributed by atoms with Gasteiger partial charge in [0.15, 0.2) is 0 Å². The van der Waals surface area contributed by atoms with E-state index in [1.165, 1.54) is 6.92 Å². The van der Waals surface area contributed by atoms with Gasteiger partial charge in [-0.05, 0) is 31.4 Å². The van der Waals surface area contributed by atoms with Crippen LogP contribution in [0.1, 0.15) is 54.9 Å². The van der Waals surface area contributed by atoms with Crippen molar-refractivity contribution in [1.82, 2.24) is 4.90 Å². The predicted octanol–water partition coefficient (Wildman–Crippen LogP) is 2.42. The highest BCUT2D eigenvalue weighted by atomic mass is 28.4. The first kappa shape index (κ1) is 24.1. The molecule has 158 valence electrons. The maximum atomic E-state index is 11.6. The molecule has 1 fully saturated rings. The third kappa shape index (κ3) is 5.76. The van der Waals surface area contributed by atoms with Crippen LogP contribution in [0, 0.1) is 5.92 Å². The number of ether oxygens (including phenoxy) is 1. The van der Waals surface area contributed by atoms with Crippen LogP contribution < -0.4 is 0 Å². The summed E-state index contributed by atoms with van der Waals surface area (Å²) in [4.78, 5) is 24.5. The molecule has 2 unspecified atom stereocenters. The lowest BCUT2D eigenvalue weighted by atomic mass is 10.1. The van der Waals surface area contributed by atoms with Crippen LogP contribution in [0.4, 0.5) is 0 Å². The first-order valence-corrected chi connectivity index (χ1v) is 11.9. The molecule has 1 aliphatic rings. The molecule has 1 aliphatic heterocycles. The lowest BCUT2D eigenvalue weighted by Crippen LogP contribution is -2.62. The van der Waals surface area contributed by atoms with Gasteiger partial charge in [0.25, 0.3) is 0 Å². The van der Waals surface area contributed by atoms with Crippen LogP contribution in [0.15, 0.2) is 0 Å². The molecule has 0 saturated carbocycles. The van der Waals surface area contributed by atoms with Gasteiger partial charge in [-0.3, -0.25) is 14.5 Å². The number of carbonyl (C=O) groups excluding carboxylic acids is 1. The number of carbonyl (C=O) groups is 2. The molecular formula is C19H37NO6Si. The summed E-state index contributed by atoms with van der Waals surface area (Å²) in [7, 11) is -2.51. The fourth-order valence-corrected chi connectivity index (χ4v) is 10.4. The Morgan fingerprint density at radius 1 is 1.22 bits per heavy atom. The van der Waals surface area contributed by atoms with Gasteiger partial charge in [0.1, 0.15) is 6.04 Å². The molecule has 0 amide bonds. The number of esters is 1. The number of aliphatic carboxylic acids is 1. The Labute approximate surface area is 164 Å². The number of carboxylic acid groups (broad SMARTS) is 1. The number of hydrogen-bond donors (Lipinski definition) is 2. The summed E-state index contributed by atoms with van der Waals surface area (Å²) in [6.45, 7) is 15.1. The number of rotatable bonds is 10. The van der Waals surface area contributed by atoms with Crippen LogP contribution >= 0.6 is 0 Å². The summed E-state index contributed by atoms with van der Waals surface area (Å²) < 4.78 is 11.5. The Hall–Kier alpha value is -0.963. The average Bonchev–Trinajstić information content (AvgIpc) is 2.90. The van der Waals surface area contributed by atoms with E-state index in [0.29, 0.717) is 26.1 Å². The average molecular weight is 404 g/mol. The fourth-order valence-electron chi connectivity index (χ4n) is 4.78. The highest BCUT2D eigenvalue weighted by Gasteiger charge is 2.53.